The predicted octanol–water partition coefficient (Wildman–Crippen LogP) is 3.76. The van der Waals surface area contributed by atoms with Crippen LogP contribution in [0.1, 0.15) is 32.8 Å². The molecule has 3 nitrogen and oxygen atoms in total. The van der Waals surface area contributed by atoms with Crippen molar-refractivity contribution < 1.29 is 14.3 Å². The molecule has 0 aliphatic heterocycles. The molecule has 1 rings (SSSR count). The molecule has 0 radical (unpaired) electrons. The van der Waals surface area contributed by atoms with Gasteiger partial charge in [0.15, 0.2) is 0 Å². The summed E-state index contributed by atoms with van der Waals surface area (Å²) in [4.78, 5) is 11.5. The Labute approximate surface area is 113 Å². The number of hydrogen-bond donors (Lipinski definition) is 0. The third-order valence-corrected chi connectivity index (χ3v) is 2.38. The van der Waals surface area contributed by atoms with Crippen LogP contribution in [0.25, 0.3) is 0 Å². The van der Waals surface area contributed by atoms with Gasteiger partial charge in [0.05, 0.1) is 18.1 Å². The molecular weight excluding hydrogens is 252 g/mol. The predicted molar refractivity (Wildman–Crippen MR) is 72.1 cm³/mol. The van der Waals surface area contributed by atoms with Gasteiger partial charge in [0.25, 0.3) is 0 Å². The Morgan fingerprint density at radius 1 is 1.33 bits per heavy atom. The number of esters is 1. The highest BCUT2D eigenvalue weighted by Crippen LogP contribution is 2.25. The van der Waals surface area contributed by atoms with Gasteiger partial charge in [-0.15, -0.1) is 0 Å². The molecule has 0 unspecified atom stereocenters. The Morgan fingerprint density at radius 3 is 2.61 bits per heavy atom. The lowest BCUT2D eigenvalue weighted by Crippen LogP contribution is -2.24. The fourth-order valence-electron chi connectivity index (χ4n) is 1.36. The van der Waals surface area contributed by atoms with Gasteiger partial charge in [-0.05, 0) is 45.4 Å². The first-order valence-corrected chi connectivity index (χ1v) is 6.26. The molecule has 1 aromatic carbocycles. The minimum absolute atomic E-state index is 0.210. The van der Waals surface area contributed by atoms with Crippen LogP contribution < -0.4 is 4.74 Å². The summed E-state index contributed by atoms with van der Waals surface area (Å²) in [5, 5.41) is 0.546. The van der Waals surface area contributed by atoms with E-state index in [9.17, 15) is 4.79 Å². The second-order valence-corrected chi connectivity index (χ2v) is 5.53. The van der Waals surface area contributed by atoms with Gasteiger partial charge in [0, 0.05) is 0 Å². The molecule has 0 aliphatic rings. The van der Waals surface area contributed by atoms with Crippen LogP contribution in [0.15, 0.2) is 18.2 Å². The zero-order valence-corrected chi connectivity index (χ0v) is 12.0. The number of ether oxygens (including phenoxy) is 2. The van der Waals surface area contributed by atoms with Crippen LogP contribution >= 0.6 is 11.6 Å². The van der Waals surface area contributed by atoms with Crippen molar-refractivity contribution in [3.05, 3.63) is 28.8 Å². The third-order valence-electron chi connectivity index (χ3n) is 2.07. The van der Waals surface area contributed by atoms with Crippen LogP contribution in [0.4, 0.5) is 0 Å². The van der Waals surface area contributed by atoms with Crippen molar-refractivity contribution in [1.29, 1.82) is 0 Å². The van der Waals surface area contributed by atoms with Gasteiger partial charge in [-0.1, -0.05) is 17.7 Å². The van der Waals surface area contributed by atoms with Crippen molar-refractivity contribution in [2.24, 2.45) is 0 Å². The second kappa shape index (κ2) is 6.10. The summed E-state index contributed by atoms with van der Waals surface area (Å²) in [5.74, 6) is 0.325. The van der Waals surface area contributed by atoms with Crippen LogP contribution in [0.5, 0.6) is 5.75 Å². The fraction of sp³-hybridized carbons (Fsp3) is 0.500. The van der Waals surface area contributed by atoms with E-state index in [1.807, 2.05) is 39.8 Å². The normalized spacial score (nSPS) is 11.2. The van der Waals surface area contributed by atoms with Gasteiger partial charge < -0.3 is 9.47 Å². The molecule has 0 N–H and O–H groups in total. The van der Waals surface area contributed by atoms with Gasteiger partial charge >= 0.3 is 5.97 Å². The molecule has 0 fully saturated rings. The molecular formula is C14H19ClO3. The molecule has 0 aromatic heterocycles. The minimum Gasteiger partial charge on any atom is -0.491 e. The molecule has 0 amide bonds. The Kier molecular flexibility index (Phi) is 5.03. The molecule has 0 saturated heterocycles. The number of aryl methyl sites for hydroxylation is 1. The molecule has 0 aliphatic carbocycles. The Hall–Kier alpha value is -1.22. The van der Waals surface area contributed by atoms with Crippen LogP contribution in [0.2, 0.25) is 5.02 Å². The topological polar surface area (TPSA) is 35.5 Å². The highest BCUT2D eigenvalue weighted by atomic mass is 35.5. The van der Waals surface area contributed by atoms with E-state index in [1.54, 1.807) is 6.07 Å². The average molecular weight is 271 g/mol. The van der Waals surface area contributed by atoms with E-state index < -0.39 is 5.60 Å². The summed E-state index contributed by atoms with van der Waals surface area (Å²) in [6, 6.07) is 5.53. The fourth-order valence-corrected chi connectivity index (χ4v) is 1.53. The molecule has 100 valence electrons. The maximum absolute atomic E-state index is 11.5. The molecule has 0 heterocycles. The van der Waals surface area contributed by atoms with Crippen molar-refractivity contribution in [1.82, 2.24) is 0 Å². The maximum Gasteiger partial charge on any atom is 0.309 e. The number of benzene rings is 1. The molecule has 0 saturated carbocycles. The highest BCUT2D eigenvalue weighted by molar-refractivity contribution is 6.32. The summed E-state index contributed by atoms with van der Waals surface area (Å²) < 4.78 is 10.6. The Morgan fingerprint density at radius 2 is 2.00 bits per heavy atom. The lowest BCUT2D eigenvalue weighted by molar-refractivity contribution is -0.155. The molecule has 18 heavy (non-hydrogen) atoms. The summed E-state index contributed by atoms with van der Waals surface area (Å²) in [6.45, 7) is 7.73. The number of rotatable bonds is 4. The van der Waals surface area contributed by atoms with Gasteiger partial charge in [0.1, 0.15) is 11.4 Å². The van der Waals surface area contributed by atoms with Crippen molar-refractivity contribution in [3.8, 4) is 5.75 Å². The Balaban J connectivity index is 2.42. The lowest BCUT2D eigenvalue weighted by Gasteiger charge is -2.19. The smallest absolute Gasteiger partial charge is 0.309 e. The number of halogens is 1. The van der Waals surface area contributed by atoms with Crippen LogP contribution in [0, 0.1) is 6.92 Å². The van der Waals surface area contributed by atoms with Gasteiger partial charge in [-0.25, -0.2) is 0 Å². The second-order valence-electron chi connectivity index (χ2n) is 5.12. The van der Waals surface area contributed by atoms with Gasteiger partial charge in [-0.3, -0.25) is 4.79 Å². The summed E-state index contributed by atoms with van der Waals surface area (Å²) in [6.07, 6.45) is 0.210. The van der Waals surface area contributed by atoms with E-state index in [0.717, 1.165) is 5.56 Å². The van der Waals surface area contributed by atoms with E-state index in [1.165, 1.54) is 0 Å². The largest absolute Gasteiger partial charge is 0.491 e. The van der Waals surface area contributed by atoms with E-state index in [4.69, 9.17) is 21.1 Å². The number of carbonyl (C=O) groups is 1. The van der Waals surface area contributed by atoms with Crippen LogP contribution in [-0.2, 0) is 9.53 Å². The van der Waals surface area contributed by atoms with Crippen molar-refractivity contribution in [2.45, 2.75) is 39.7 Å². The van der Waals surface area contributed by atoms with E-state index in [0.29, 0.717) is 10.8 Å². The first-order valence-electron chi connectivity index (χ1n) is 5.89. The highest BCUT2D eigenvalue weighted by Gasteiger charge is 2.16. The zero-order valence-electron chi connectivity index (χ0n) is 11.2. The summed E-state index contributed by atoms with van der Waals surface area (Å²) in [5.41, 5.74) is 0.601. The van der Waals surface area contributed by atoms with E-state index >= 15 is 0 Å². The lowest BCUT2D eigenvalue weighted by atomic mass is 10.2. The maximum atomic E-state index is 11.5. The molecule has 4 heteroatoms. The van der Waals surface area contributed by atoms with E-state index in [2.05, 4.69) is 0 Å². The van der Waals surface area contributed by atoms with Gasteiger partial charge in [0.2, 0.25) is 0 Å². The third kappa shape index (κ3) is 5.41. The van der Waals surface area contributed by atoms with Gasteiger partial charge in [-0.2, -0.15) is 0 Å². The van der Waals surface area contributed by atoms with E-state index in [-0.39, 0.29) is 19.0 Å². The number of hydrogen-bond acceptors (Lipinski definition) is 3. The molecule has 0 bridgehead atoms. The van der Waals surface area contributed by atoms with Crippen molar-refractivity contribution >= 4 is 17.6 Å². The monoisotopic (exact) mass is 270 g/mol. The minimum atomic E-state index is -0.460. The average Bonchev–Trinajstić information content (AvgIpc) is 2.20. The quantitative estimate of drug-likeness (QED) is 0.782. The molecule has 1 aromatic rings. The van der Waals surface area contributed by atoms with Crippen molar-refractivity contribution in [2.75, 3.05) is 6.61 Å². The Bertz CT molecular complexity index is 422. The molecule has 0 atom stereocenters. The summed E-state index contributed by atoms with van der Waals surface area (Å²) >= 11 is 5.98. The first kappa shape index (κ1) is 14.8. The number of carbonyl (C=O) groups excluding carboxylic acids is 1. The van der Waals surface area contributed by atoms with Crippen molar-refractivity contribution in [3.63, 3.8) is 0 Å². The summed E-state index contributed by atoms with van der Waals surface area (Å²) in [7, 11) is 0. The first-order chi connectivity index (χ1) is 8.28. The molecule has 0 spiro atoms. The van der Waals surface area contributed by atoms with Crippen LogP contribution in [-0.4, -0.2) is 18.2 Å². The van der Waals surface area contributed by atoms with Crippen LogP contribution in [0.3, 0.4) is 0 Å². The zero-order chi connectivity index (χ0) is 13.8. The SMILES string of the molecule is Cc1ccc(Cl)c(OCCC(=O)OC(C)(C)C)c1. The standard InChI is InChI=1S/C14H19ClO3/c1-10-5-6-11(15)12(9-10)17-8-7-13(16)18-14(2,3)4/h5-6,9H,7-8H2,1-4H3.